The highest BCUT2D eigenvalue weighted by atomic mass is 79.9. The smallest absolute Gasteiger partial charge is 0.304 e. The number of rotatable bonds is 6. The van der Waals surface area contributed by atoms with E-state index in [0.717, 1.165) is 27.5 Å². The van der Waals surface area contributed by atoms with Crippen molar-refractivity contribution in [2.45, 2.75) is 24.6 Å². The zero-order chi connectivity index (χ0) is 18.8. The first-order chi connectivity index (χ1) is 12.4. The number of carboxylic acid groups (broad SMARTS) is 1. The fourth-order valence-corrected chi connectivity index (χ4v) is 3.79. The number of nitrogens with zero attached hydrogens (tertiary/aromatic N) is 3. The topological polar surface area (TPSA) is 77.2 Å². The number of ether oxygens (including phenoxy) is 1. The van der Waals surface area contributed by atoms with Crippen molar-refractivity contribution in [1.29, 1.82) is 0 Å². The second kappa shape index (κ2) is 7.45. The molecule has 0 saturated heterocycles. The molecule has 0 saturated carbocycles. The van der Waals surface area contributed by atoms with Crippen LogP contribution in [0, 0.1) is 6.92 Å². The fourth-order valence-electron chi connectivity index (χ4n) is 3.19. The molecule has 0 fully saturated rings. The molecule has 2 aromatic carbocycles. The highest BCUT2D eigenvalue weighted by molar-refractivity contribution is 9.08. The van der Waals surface area contributed by atoms with E-state index in [1.165, 1.54) is 5.56 Å². The molecule has 26 heavy (non-hydrogen) atoms. The lowest BCUT2D eigenvalue weighted by Crippen LogP contribution is -2.09. The molecular weight excluding hydrogens is 398 g/mol. The molecule has 3 aromatic rings. The van der Waals surface area contributed by atoms with Gasteiger partial charge in [-0.1, -0.05) is 39.3 Å². The van der Waals surface area contributed by atoms with Crippen molar-refractivity contribution in [2.24, 2.45) is 7.05 Å². The maximum Gasteiger partial charge on any atom is 0.304 e. The third-order valence-electron chi connectivity index (χ3n) is 4.61. The molecular formula is C19H20BrN3O3. The van der Waals surface area contributed by atoms with E-state index in [2.05, 4.69) is 32.3 Å². The third kappa shape index (κ3) is 3.44. The van der Waals surface area contributed by atoms with Gasteiger partial charge in [-0.15, -0.1) is 5.10 Å². The monoisotopic (exact) mass is 417 g/mol. The van der Waals surface area contributed by atoms with Gasteiger partial charge in [-0.2, -0.15) is 0 Å². The molecule has 6 nitrogen and oxygen atoms in total. The first-order valence-corrected chi connectivity index (χ1v) is 9.31. The third-order valence-corrected chi connectivity index (χ3v) is 5.21. The van der Waals surface area contributed by atoms with E-state index in [4.69, 9.17) is 4.74 Å². The minimum atomic E-state index is -0.853. The predicted octanol–water partition coefficient (Wildman–Crippen LogP) is 3.79. The summed E-state index contributed by atoms with van der Waals surface area (Å²) in [5.41, 5.74) is 5.59. The van der Waals surface area contributed by atoms with E-state index in [9.17, 15) is 9.90 Å². The number of alkyl halides is 1. The number of carboxylic acids is 1. The highest BCUT2D eigenvalue weighted by Gasteiger charge is 2.22. The fraction of sp³-hybridized carbons (Fsp3) is 0.316. The molecule has 0 bridgehead atoms. The molecule has 1 unspecified atom stereocenters. The number of methoxy groups -OCH3 is 1. The molecule has 1 atom stereocenters. The number of halogens is 1. The Balaban J connectivity index is 2.17. The van der Waals surface area contributed by atoms with Gasteiger partial charge in [-0.05, 0) is 41.3 Å². The summed E-state index contributed by atoms with van der Waals surface area (Å²) in [6.45, 7) is 2.04. The first kappa shape index (κ1) is 18.4. The molecule has 1 N–H and O–H groups in total. The summed E-state index contributed by atoms with van der Waals surface area (Å²) in [4.78, 5) is 11.5. The summed E-state index contributed by atoms with van der Waals surface area (Å²) in [6, 6.07) is 9.85. The number of aromatic nitrogens is 3. The van der Waals surface area contributed by atoms with Gasteiger partial charge in [0.05, 0.1) is 13.5 Å². The van der Waals surface area contributed by atoms with E-state index in [-0.39, 0.29) is 12.3 Å². The van der Waals surface area contributed by atoms with Crippen molar-refractivity contribution in [2.75, 3.05) is 7.11 Å². The van der Waals surface area contributed by atoms with Crippen LogP contribution in [-0.2, 0) is 17.2 Å². The summed E-state index contributed by atoms with van der Waals surface area (Å²) < 4.78 is 7.16. The molecule has 7 heteroatoms. The zero-order valence-corrected chi connectivity index (χ0v) is 16.4. The summed E-state index contributed by atoms with van der Waals surface area (Å²) in [5.74, 6) is -0.520. The Labute approximate surface area is 159 Å². The van der Waals surface area contributed by atoms with Crippen molar-refractivity contribution in [3.8, 4) is 5.75 Å². The van der Waals surface area contributed by atoms with E-state index in [0.29, 0.717) is 11.3 Å². The van der Waals surface area contributed by atoms with Gasteiger partial charge in [0.15, 0.2) is 0 Å². The van der Waals surface area contributed by atoms with Crippen molar-refractivity contribution in [1.82, 2.24) is 15.0 Å². The van der Waals surface area contributed by atoms with Gasteiger partial charge < -0.3 is 9.84 Å². The largest absolute Gasteiger partial charge is 0.494 e. The Kier molecular flexibility index (Phi) is 5.27. The molecule has 0 aliphatic rings. The maximum absolute atomic E-state index is 11.5. The molecule has 3 rings (SSSR count). The Hall–Kier alpha value is -2.41. The first-order valence-electron chi connectivity index (χ1n) is 8.19. The Bertz CT molecular complexity index is 968. The van der Waals surface area contributed by atoms with E-state index in [1.54, 1.807) is 18.8 Å². The molecule has 136 valence electrons. The molecule has 0 amide bonds. The SMILES string of the molecule is COc1cc(C(CC(=O)O)c2ccc(C)c(CBr)c2)cc2nnn(C)c12. The van der Waals surface area contributed by atoms with Crippen LogP contribution in [0.3, 0.4) is 0 Å². The van der Waals surface area contributed by atoms with Crippen molar-refractivity contribution in [3.63, 3.8) is 0 Å². The summed E-state index contributed by atoms with van der Waals surface area (Å²) >= 11 is 3.50. The van der Waals surface area contributed by atoms with Crippen LogP contribution in [0.4, 0.5) is 0 Å². The quantitative estimate of drug-likeness (QED) is 0.617. The van der Waals surface area contributed by atoms with Gasteiger partial charge in [0.25, 0.3) is 0 Å². The van der Waals surface area contributed by atoms with E-state index >= 15 is 0 Å². The lowest BCUT2D eigenvalue weighted by Gasteiger charge is -2.19. The van der Waals surface area contributed by atoms with Gasteiger partial charge in [0.2, 0.25) is 0 Å². The molecule has 0 radical (unpaired) electrons. The standard InChI is InChI=1S/C19H20BrN3O3/c1-11-4-5-12(6-14(11)10-20)15(9-18(24)25)13-7-16-19(17(8-13)26-3)23(2)22-21-16/h4-8,15H,9-10H2,1-3H3,(H,24,25). The second-order valence-electron chi connectivity index (χ2n) is 6.27. The Morgan fingerprint density at radius 3 is 2.73 bits per heavy atom. The van der Waals surface area contributed by atoms with Crippen LogP contribution in [-0.4, -0.2) is 33.2 Å². The van der Waals surface area contributed by atoms with Crippen LogP contribution in [0.25, 0.3) is 11.0 Å². The van der Waals surface area contributed by atoms with Gasteiger partial charge in [-0.25, -0.2) is 4.68 Å². The average molecular weight is 418 g/mol. The van der Waals surface area contributed by atoms with Crippen LogP contribution in [0.2, 0.25) is 0 Å². The second-order valence-corrected chi connectivity index (χ2v) is 6.83. The molecule has 0 aliphatic carbocycles. The number of hydrogen-bond donors (Lipinski definition) is 1. The van der Waals surface area contributed by atoms with E-state index < -0.39 is 5.97 Å². The molecule has 0 aliphatic heterocycles. The summed E-state index contributed by atoms with van der Waals surface area (Å²) in [5, 5.41) is 18.4. The van der Waals surface area contributed by atoms with Gasteiger partial charge in [0, 0.05) is 18.3 Å². The van der Waals surface area contributed by atoms with Crippen molar-refractivity contribution in [3.05, 3.63) is 52.6 Å². The minimum Gasteiger partial charge on any atom is -0.494 e. The highest BCUT2D eigenvalue weighted by Crippen LogP contribution is 2.35. The average Bonchev–Trinajstić information content (AvgIpc) is 3.00. The number of hydrogen-bond acceptors (Lipinski definition) is 4. The number of aryl methyl sites for hydroxylation is 2. The predicted molar refractivity (Wildman–Crippen MR) is 103 cm³/mol. The van der Waals surface area contributed by atoms with Crippen LogP contribution in [0.1, 0.15) is 34.6 Å². The van der Waals surface area contributed by atoms with Gasteiger partial charge >= 0.3 is 5.97 Å². The lowest BCUT2D eigenvalue weighted by atomic mass is 9.86. The van der Waals surface area contributed by atoms with Gasteiger partial charge in [0.1, 0.15) is 16.8 Å². The van der Waals surface area contributed by atoms with E-state index in [1.807, 2.05) is 31.2 Å². The molecule has 1 aromatic heterocycles. The lowest BCUT2D eigenvalue weighted by molar-refractivity contribution is -0.137. The number of fused-ring (bicyclic) bond motifs is 1. The van der Waals surface area contributed by atoms with Crippen LogP contribution in [0.5, 0.6) is 5.75 Å². The minimum absolute atomic E-state index is 0.0142. The summed E-state index contributed by atoms with van der Waals surface area (Å²) in [6.07, 6.45) is -0.0142. The Morgan fingerprint density at radius 1 is 1.31 bits per heavy atom. The normalized spacial score (nSPS) is 12.3. The van der Waals surface area contributed by atoms with Crippen LogP contribution in [0.15, 0.2) is 30.3 Å². The van der Waals surface area contributed by atoms with Crippen molar-refractivity contribution < 1.29 is 14.6 Å². The van der Waals surface area contributed by atoms with Crippen LogP contribution >= 0.6 is 15.9 Å². The maximum atomic E-state index is 11.5. The number of aliphatic carboxylic acids is 1. The number of carbonyl (C=O) groups is 1. The van der Waals surface area contributed by atoms with Gasteiger partial charge in [-0.3, -0.25) is 4.79 Å². The molecule has 0 spiro atoms. The Morgan fingerprint density at radius 2 is 2.08 bits per heavy atom. The summed E-state index contributed by atoms with van der Waals surface area (Å²) in [7, 11) is 3.39. The van der Waals surface area contributed by atoms with Crippen molar-refractivity contribution >= 4 is 32.9 Å². The zero-order valence-electron chi connectivity index (χ0n) is 14.9. The van der Waals surface area contributed by atoms with Crippen LogP contribution < -0.4 is 4.74 Å². The number of benzene rings is 2. The molecule has 1 heterocycles.